The molecule has 0 amide bonds. The van der Waals surface area contributed by atoms with E-state index in [9.17, 15) is 9.65 Å². The van der Waals surface area contributed by atoms with Crippen molar-refractivity contribution in [1.29, 1.82) is 5.26 Å². The lowest BCUT2D eigenvalue weighted by Gasteiger charge is -2.37. The predicted molar refractivity (Wildman–Crippen MR) is 123 cm³/mol. The average molecular weight is 433 g/mol. The zero-order valence-electron chi connectivity index (χ0n) is 18.5. The number of piperazine rings is 1. The molecule has 0 unspecified atom stereocenters. The Hall–Kier alpha value is -3.64. The van der Waals surface area contributed by atoms with Crippen LogP contribution >= 0.6 is 0 Å². The fourth-order valence-corrected chi connectivity index (χ4v) is 4.65. The Labute approximate surface area is 185 Å². The zero-order valence-corrected chi connectivity index (χ0v) is 18.5. The van der Waals surface area contributed by atoms with Crippen LogP contribution in [0.4, 0.5) is 21.6 Å². The van der Waals surface area contributed by atoms with Gasteiger partial charge < -0.3 is 19.9 Å². The van der Waals surface area contributed by atoms with Gasteiger partial charge in [-0.1, -0.05) is 0 Å². The molecule has 32 heavy (non-hydrogen) atoms. The fourth-order valence-electron chi connectivity index (χ4n) is 4.65. The quantitative estimate of drug-likeness (QED) is 0.516. The van der Waals surface area contributed by atoms with E-state index in [0.29, 0.717) is 29.2 Å². The van der Waals surface area contributed by atoms with E-state index < -0.39 is 5.82 Å². The van der Waals surface area contributed by atoms with Crippen molar-refractivity contribution in [3.05, 3.63) is 47.7 Å². The molecule has 0 aliphatic carbocycles. The molecule has 0 radical (unpaired) electrons. The highest BCUT2D eigenvalue weighted by atomic mass is 19.1. The average Bonchev–Trinajstić information content (AvgIpc) is 3.26. The number of fused-ring (bicyclic) bond motifs is 2. The lowest BCUT2D eigenvalue weighted by atomic mass is 10.1. The van der Waals surface area contributed by atoms with Gasteiger partial charge in [-0.05, 0) is 32.9 Å². The molecule has 1 aliphatic heterocycles. The van der Waals surface area contributed by atoms with Gasteiger partial charge in [0.2, 0.25) is 0 Å². The second-order valence-electron chi connectivity index (χ2n) is 8.66. The summed E-state index contributed by atoms with van der Waals surface area (Å²) in [6.45, 7) is 7.88. The van der Waals surface area contributed by atoms with Crippen LogP contribution in [0.1, 0.15) is 25.1 Å². The Morgan fingerprint density at radius 3 is 2.66 bits per heavy atom. The van der Waals surface area contributed by atoms with Gasteiger partial charge in [0.15, 0.2) is 17.3 Å². The summed E-state index contributed by atoms with van der Waals surface area (Å²) in [5, 5.41) is 22.0. The first-order chi connectivity index (χ1) is 15.3. The normalized spacial score (nSPS) is 18.9. The number of benzene rings is 1. The van der Waals surface area contributed by atoms with Crippen LogP contribution in [0.25, 0.3) is 16.6 Å². The third-order valence-corrected chi connectivity index (χ3v) is 5.87. The van der Waals surface area contributed by atoms with Crippen molar-refractivity contribution in [1.82, 2.24) is 24.5 Å². The first kappa shape index (κ1) is 20.3. The maximum Gasteiger partial charge on any atom is 0.173 e. The van der Waals surface area contributed by atoms with E-state index in [1.807, 2.05) is 20.0 Å². The van der Waals surface area contributed by atoms with Crippen molar-refractivity contribution in [2.24, 2.45) is 7.05 Å². The SMILES string of the molecule is Cc1cn2cc(Nc3nn(C)c4cc(N5C[C@H](C)N[C@@H](C)C5)cc(C#N)c34)cc(F)c2n1. The van der Waals surface area contributed by atoms with E-state index in [0.717, 1.165) is 35.4 Å². The van der Waals surface area contributed by atoms with Crippen LogP contribution < -0.4 is 15.5 Å². The Morgan fingerprint density at radius 1 is 1.19 bits per heavy atom. The van der Waals surface area contributed by atoms with Crippen LogP contribution in [0.5, 0.6) is 0 Å². The Kier molecular flexibility index (Phi) is 4.75. The van der Waals surface area contributed by atoms with Gasteiger partial charge in [0.25, 0.3) is 0 Å². The fraction of sp³-hybridized carbons (Fsp3) is 0.348. The molecule has 1 aliphatic rings. The molecular weight excluding hydrogens is 407 g/mol. The molecule has 1 fully saturated rings. The van der Waals surface area contributed by atoms with Gasteiger partial charge in [-0.15, -0.1) is 0 Å². The molecular formula is C23H25FN8. The first-order valence-electron chi connectivity index (χ1n) is 10.7. The van der Waals surface area contributed by atoms with Crippen LogP contribution in [0, 0.1) is 24.1 Å². The number of hydrogen-bond acceptors (Lipinski definition) is 6. The monoisotopic (exact) mass is 432 g/mol. The van der Waals surface area contributed by atoms with E-state index >= 15 is 0 Å². The number of nitrogens with one attached hydrogen (secondary N) is 2. The molecule has 0 bridgehead atoms. The number of halogens is 1. The van der Waals surface area contributed by atoms with E-state index in [1.165, 1.54) is 6.07 Å². The second-order valence-corrected chi connectivity index (χ2v) is 8.66. The van der Waals surface area contributed by atoms with Crippen molar-refractivity contribution < 1.29 is 4.39 Å². The Morgan fingerprint density at radius 2 is 1.94 bits per heavy atom. The molecule has 9 heteroatoms. The van der Waals surface area contributed by atoms with Gasteiger partial charge in [-0.2, -0.15) is 10.4 Å². The summed E-state index contributed by atoms with van der Waals surface area (Å²) in [4.78, 5) is 6.50. The highest BCUT2D eigenvalue weighted by Crippen LogP contribution is 2.33. The highest BCUT2D eigenvalue weighted by Gasteiger charge is 2.23. The van der Waals surface area contributed by atoms with E-state index in [4.69, 9.17) is 0 Å². The van der Waals surface area contributed by atoms with E-state index in [1.54, 1.807) is 21.5 Å². The molecule has 1 aromatic carbocycles. The summed E-state index contributed by atoms with van der Waals surface area (Å²) < 4.78 is 17.9. The third kappa shape index (κ3) is 3.42. The molecule has 0 saturated carbocycles. The minimum Gasteiger partial charge on any atom is -0.368 e. The molecule has 2 N–H and O–H groups in total. The van der Waals surface area contributed by atoms with Gasteiger partial charge in [0.1, 0.15) is 6.07 Å². The van der Waals surface area contributed by atoms with Crippen molar-refractivity contribution in [3.8, 4) is 6.07 Å². The van der Waals surface area contributed by atoms with E-state index in [2.05, 4.69) is 51.6 Å². The summed E-state index contributed by atoms with van der Waals surface area (Å²) in [5.41, 5.74) is 3.93. The number of nitrogens with zero attached hydrogens (tertiary/aromatic N) is 6. The largest absolute Gasteiger partial charge is 0.368 e. The molecule has 4 aromatic rings. The predicted octanol–water partition coefficient (Wildman–Crippen LogP) is 3.47. The number of hydrogen-bond donors (Lipinski definition) is 2. The first-order valence-corrected chi connectivity index (χ1v) is 10.7. The van der Waals surface area contributed by atoms with Crippen LogP contribution in [0.3, 0.4) is 0 Å². The van der Waals surface area contributed by atoms with Crippen molar-refractivity contribution in [2.75, 3.05) is 23.3 Å². The van der Waals surface area contributed by atoms with Gasteiger partial charge in [0.05, 0.1) is 27.8 Å². The number of aryl methyl sites for hydroxylation is 2. The van der Waals surface area contributed by atoms with Crippen LogP contribution in [-0.2, 0) is 7.05 Å². The standard InChI is InChI=1S/C23H25FN8/c1-13-9-31(10-14(2)26-13)18-5-16(8-25)21-20(7-18)30(4)29-22(21)28-17-6-19(24)23-27-15(3)11-32(23)12-17/h5-7,11-14,26H,9-10H2,1-4H3,(H,28,29)/t13-,14-/m0/s1. The number of imidazole rings is 1. The summed E-state index contributed by atoms with van der Waals surface area (Å²) in [5.74, 6) is 0.0938. The second kappa shape index (κ2) is 7.50. The maximum atomic E-state index is 14.5. The smallest absolute Gasteiger partial charge is 0.173 e. The minimum atomic E-state index is -0.423. The highest BCUT2D eigenvalue weighted by molar-refractivity contribution is 5.98. The third-order valence-electron chi connectivity index (χ3n) is 5.87. The summed E-state index contributed by atoms with van der Waals surface area (Å²) in [7, 11) is 1.85. The van der Waals surface area contributed by atoms with Crippen LogP contribution in [-0.4, -0.2) is 44.3 Å². The van der Waals surface area contributed by atoms with Crippen molar-refractivity contribution in [3.63, 3.8) is 0 Å². The van der Waals surface area contributed by atoms with Gasteiger partial charge in [-0.3, -0.25) is 4.68 Å². The lowest BCUT2D eigenvalue weighted by Crippen LogP contribution is -2.54. The van der Waals surface area contributed by atoms with Gasteiger partial charge in [0, 0.05) is 56.4 Å². The van der Waals surface area contributed by atoms with Gasteiger partial charge in [-0.25, -0.2) is 9.37 Å². The summed E-state index contributed by atoms with van der Waals surface area (Å²) >= 11 is 0. The van der Waals surface area contributed by atoms with Crippen LogP contribution in [0.2, 0.25) is 0 Å². The topological polar surface area (TPSA) is 86.2 Å². The molecule has 164 valence electrons. The lowest BCUT2D eigenvalue weighted by molar-refractivity contribution is 0.407. The molecule has 8 nitrogen and oxygen atoms in total. The number of anilines is 3. The molecule has 2 atom stereocenters. The van der Waals surface area contributed by atoms with Gasteiger partial charge >= 0.3 is 0 Å². The van der Waals surface area contributed by atoms with Crippen molar-refractivity contribution in [2.45, 2.75) is 32.9 Å². The maximum absolute atomic E-state index is 14.5. The van der Waals surface area contributed by atoms with E-state index in [-0.39, 0.29) is 5.65 Å². The zero-order chi connectivity index (χ0) is 22.6. The number of aromatic nitrogens is 4. The Balaban J connectivity index is 1.57. The molecule has 0 spiro atoms. The summed E-state index contributed by atoms with van der Waals surface area (Å²) in [6, 6.07) is 8.44. The number of pyridine rings is 1. The van der Waals surface area contributed by atoms with Crippen LogP contribution in [0.15, 0.2) is 30.6 Å². The Bertz CT molecular complexity index is 1370. The molecule has 1 saturated heterocycles. The van der Waals surface area contributed by atoms with Crippen molar-refractivity contribution >= 4 is 33.7 Å². The molecule has 3 aromatic heterocycles. The molecule has 4 heterocycles. The summed E-state index contributed by atoms with van der Waals surface area (Å²) in [6.07, 6.45) is 3.53. The molecule has 5 rings (SSSR count). The number of rotatable bonds is 3. The number of nitriles is 1. The minimum absolute atomic E-state index is 0.278.